The molecule has 0 spiro atoms. The van der Waals surface area contributed by atoms with Gasteiger partial charge in [0, 0.05) is 6.61 Å². The maximum Gasteiger partial charge on any atom is 0.328 e. The number of esters is 1. The molecule has 122 valence electrons. The Morgan fingerprint density at radius 3 is 2.45 bits per heavy atom. The summed E-state index contributed by atoms with van der Waals surface area (Å²) in [6.07, 6.45) is 0.533. The van der Waals surface area contributed by atoms with Gasteiger partial charge in [-0.15, -0.1) is 0 Å². The van der Waals surface area contributed by atoms with E-state index in [0.29, 0.717) is 13.0 Å². The van der Waals surface area contributed by atoms with Crippen molar-refractivity contribution < 1.29 is 19.1 Å². The Labute approximate surface area is 132 Å². The van der Waals surface area contributed by atoms with Crippen molar-refractivity contribution in [1.82, 2.24) is 5.32 Å². The zero-order valence-electron chi connectivity index (χ0n) is 13.5. The summed E-state index contributed by atoms with van der Waals surface area (Å²) in [4.78, 5) is 23.9. The lowest BCUT2D eigenvalue weighted by Gasteiger charge is -2.19. The highest BCUT2D eigenvalue weighted by molar-refractivity contribution is 5.85. The first-order valence-corrected chi connectivity index (χ1v) is 7.60. The predicted octanol–water partition coefficient (Wildman–Crippen LogP) is 2.30. The highest BCUT2D eigenvalue weighted by atomic mass is 16.5. The van der Waals surface area contributed by atoms with Gasteiger partial charge in [-0.3, -0.25) is 4.79 Å². The quantitative estimate of drug-likeness (QED) is 0.711. The molecule has 1 atom stereocenters. The van der Waals surface area contributed by atoms with Gasteiger partial charge in [-0.05, 0) is 24.8 Å². The van der Waals surface area contributed by atoms with Crippen LogP contribution in [-0.2, 0) is 25.7 Å². The number of nitrogens with one attached hydrogen (secondary N) is 1. The Morgan fingerprint density at radius 1 is 1.18 bits per heavy atom. The van der Waals surface area contributed by atoms with Crippen LogP contribution in [0.5, 0.6) is 0 Å². The number of hydrogen-bond donors (Lipinski definition) is 1. The lowest BCUT2D eigenvalue weighted by molar-refractivity contribution is -0.150. The van der Waals surface area contributed by atoms with Gasteiger partial charge in [0.2, 0.25) is 5.91 Å². The molecule has 22 heavy (non-hydrogen) atoms. The second-order valence-corrected chi connectivity index (χ2v) is 5.48. The van der Waals surface area contributed by atoms with Gasteiger partial charge < -0.3 is 14.8 Å². The predicted molar refractivity (Wildman–Crippen MR) is 84.1 cm³/mol. The van der Waals surface area contributed by atoms with Crippen molar-refractivity contribution in [2.75, 3.05) is 13.2 Å². The average molecular weight is 307 g/mol. The highest BCUT2D eigenvalue weighted by Crippen LogP contribution is 2.08. The second kappa shape index (κ2) is 9.95. The fourth-order valence-corrected chi connectivity index (χ4v) is 1.95. The van der Waals surface area contributed by atoms with Gasteiger partial charge in [0.25, 0.3) is 0 Å². The van der Waals surface area contributed by atoms with Gasteiger partial charge in [0.05, 0.1) is 0 Å². The molecule has 0 aromatic heterocycles. The van der Waals surface area contributed by atoms with Crippen LogP contribution in [0.25, 0.3) is 0 Å². The Balaban J connectivity index is 2.54. The third kappa shape index (κ3) is 7.22. The topological polar surface area (TPSA) is 64.6 Å². The van der Waals surface area contributed by atoms with E-state index in [1.165, 1.54) is 0 Å². The summed E-state index contributed by atoms with van der Waals surface area (Å²) < 4.78 is 10.3. The Morgan fingerprint density at radius 2 is 1.86 bits per heavy atom. The van der Waals surface area contributed by atoms with E-state index in [1.807, 2.05) is 51.1 Å². The highest BCUT2D eigenvalue weighted by Gasteiger charge is 2.23. The van der Waals surface area contributed by atoms with E-state index in [-0.39, 0.29) is 25.0 Å². The van der Waals surface area contributed by atoms with Crippen LogP contribution in [0, 0.1) is 5.92 Å². The fraction of sp³-hybridized carbons (Fsp3) is 0.529. The molecule has 1 N–H and O–H groups in total. The van der Waals surface area contributed by atoms with Gasteiger partial charge in [-0.25, -0.2) is 4.79 Å². The lowest BCUT2D eigenvalue weighted by Crippen LogP contribution is -2.44. The van der Waals surface area contributed by atoms with Crippen LogP contribution in [0.2, 0.25) is 0 Å². The number of carbonyl (C=O) groups is 2. The van der Waals surface area contributed by atoms with Crippen LogP contribution in [0.1, 0.15) is 32.8 Å². The molecule has 1 rings (SSSR count). The number of ether oxygens (including phenoxy) is 2. The van der Waals surface area contributed by atoms with Crippen molar-refractivity contribution in [3.05, 3.63) is 35.9 Å². The number of hydrogen-bond acceptors (Lipinski definition) is 4. The van der Waals surface area contributed by atoms with Crippen LogP contribution < -0.4 is 5.32 Å². The molecule has 0 saturated carbocycles. The molecule has 0 aliphatic heterocycles. The maximum absolute atomic E-state index is 12.2. The van der Waals surface area contributed by atoms with Gasteiger partial charge in [0.1, 0.15) is 19.3 Å². The van der Waals surface area contributed by atoms with Crippen LogP contribution in [-0.4, -0.2) is 31.1 Å². The zero-order chi connectivity index (χ0) is 16.4. The normalized spacial score (nSPS) is 12.0. The maximum atomic E-state index is 12.2. The van der Waals surface area contributed by atoms with Crippen molar-refractivity contribution in [2.45, 2.75) is 39.8 Å². The molecular formula is C17H25NO4. The third-order valence-electron chi connectivity index (χ3n) is 2.99. The monoisotopic (exact) mass is 307 g/mol. The smallest absolute Gasteiger partial charge is 0.328 e. The van der Waals surface area contributed by atoms with E-state index in [9.17, 15) is 9.59 Å². The molecule has 5 nitrogen and oxygen atoms in total. The molecular weight excluding hydrogens is 282 g/mol. The Kier molecular flexibility index (Phi) is 8.22. The largest absolute Gasteiger partial charge is 0.459 e. The van der Waals surface area contributed by atoms with Crippen molar-refractivity contribution in [2.24, 2.45) is 5.92 Å². The zero-order valence-corrected chi connectivity index (χ0v) is 13.5. The SMILES string of the molecule is CCOCC(=O)N[C@@H](CC(C)C)C(=O)OCc1ccccc1. The van der Waals surface area contributed by atoms with Crippen LogP contribution >= 0.6 is 0 Å². The molecule has 0 heterocycles. The van der Waals surface area contributed by atoms with Gasteiger partial charge in [-0.1, -0.05) is 44.2 Å². The molecule has 5 heteroatoms. The van der Waals surface area contributed by atoms with Crippen molar-refractivity contribution in [1.29, 1.82) is 0 Å². The molecule has 0 saturated heterocycles. The first-order chi connectivity index (χ1) is 10.5. The standard InChI is InChI=1S/C17H25NO4/c1-4-21-12-16(19)18-15(10-13(2)3)17(20)22-11-14-8-6-5-7-9-14/h5-9,13,15H,4,10-12H2,1-3H3,(H,18,19)/t15-/m0/s1. The van der Waals surface area contributed by atoms with Crippen LogP contribution in [0.15, 0.2) is 30.3 Å². The fourth-order valence-electron chi connectivity index (χ4n) is 1.95. The summed E-state index contributed by atoms with van der Waals surface area (Å²) >= 11 is 0. The van der Waals surface area contributed by atoms with Crippen LogP contribution in [0.3, 0.4) is 0 Å². The average Bonchev–Trinajstić information content (AvgIpc) is 2.50. The third-order valence-corrected chi connectivity index (χ3v) is 2.99. The molecule has 0 bridgehead atoms. The minimum Gasteiger partial charge on any atom is -0.459 e. The minimum absolute atomic E-state index is 0.0446. The summed E-state index contributed by atoms with van der Waals surface area (Å²) in [6, 6.07) is 8.81. The first-order valence-electron chi connectivity index (χ1n) is 7.60. The number of amides is 1. The second-order valence-electron chi connectivity index (χ2n) is 5.48. The molecule has 0 unspecified atom stereocenters. The summed E-state index contributed by atoms with van der Waals surface area (Å²) in [5.74, 6) is -0.451. The summed E-state index contributed by atoms with van der Waals surface area (Å²) in [5, 5.41) is 2.68. The van der Waals surface area contributed by atoms with E-state index in [4.69, 9.17) is 9.47 Å². The molecule has 0 aliphatic rings. The molecule has 0 fully saturated rings. The number of benzene rings is 1. The van der Waals surface area contributed by atoms with Gasteiger partial charge in [0.15, 0.2) is 0 Å². The molecule has 1 aromatic carbocycles. The number of carbonyl (C=O) groups excluding carboxylic acids is 2. The summed E-state index contributed by atoms with van der Waals surface area (Å²) in [6.45, 7) is 6.42. The lowest BCUT2D eigenvalue weighted by atomic mass is 10.0. The van der Waals surface area contributed by atoms with E-state index in [2.05, 4.69) is 5.32 Å². The molecule has 0 aliphatic carbocycles. The van der Waals surface area contributed by atoms with E-state index >= 15 is 0 Å². The Hall–Kier alpha value is -1.88. The van der Waals surface area contributed by atoms with E-state index in [0.717, 1.165) is 5.56 Å². The molecule has 1 amide bonds. The van der Waals surface area contributed by atoms with Crippen molar-refractivity contribution in [3.8, 4) is 0 Å². The van der Waals surface area contributed by atoms with Crippen LogP contribution in [0.4, 0.5) is 0 Å². The minimum atomic E-state index is -0.642. The summed E-state index contributed by atoms with van der Waals surface area (Å²) in [5.41, 5.74) is 0.916. The Bertz CT molecular complexity index is 459. The first kappa shape index (κ1) is 18.2. The van der Waals surface area contributed by atoms with E-state index < -0.39 is 12.0 Å². The molecule has 0 radical (unpaired) electrons. The van der Waals surface area contributed by atoms with Crippen molar-refractivity contribution >= 4 is 11.9 Å². The number of rotatable bonds is 9. The van der Waals surface area contributed by atoms with E-state index in [1.54, 1.807) is 0 Å². The van der Waals surface area contributed by atoms with Gasteiger partial charge in [-0.2, -0.15) is 0 Å². The molecule has 1 aromatic rings. The van der Waals surface area contributed by atoms with Crippen molar-refractivity contribution in [3.63, 3.8) is 0 Å². The van der Waals surface area contributed by atoms with Gasteiger partial charge >= 0.3 is 5.97 Å². The summed E-state index contributed by atoms with van der Waals surface area (Å²) in [7, 11) is 0.